The average molecular weight is 274 g/mol. The predicted octanol–water partition coefficient (Wildman–Crippen LogP) is 3.57. The fourth-order valence-electron chi connectivity index (χ4n) is 1.27. The van der Waals surface area contributed by atoms with Gasteiger partial charge >= 0.3 is 6.18 Å². The van der Waals surface area contributed by atoms with E-state index in [4.69, 9.17) is 10.2 Å². The number of alkyl halides is 3. The number of halogens is 3. The van der Waals surface area contributed by atoms with E-state index in [2.05, 4.69) is 4.98 Å². The molecule has 0 aliphatic heterocycles. The standard InChI is InChI=1S/C11H9F3N2OS/c12-11(13,14)10-4-9(8(15)5-16-10)18-6-7-2-1-3-17-7/h1-5H,6,15H2. The smallest absolute Gasteiger partial charge is 0.433 e. The number of hydrogen-bond donors (Lipinski definition) is 1. The van der Waals surface area contributed by atoms with Crippen molar-refractivity contribution >= 4 is 17.4 Å². The maximum atomic E-state index is 12.5. The van der Waals surface area contributed by atoms with Crippen LogP contribution >= 0.6 is 11.8 Å². The van der Waals surface area contributed by atoms with Crippen LogP contribution < -0.4 is 5.73 Å². The molecule has 0 aliphatic rings. The number of nitrogen functional groups attached to an aromatic ring is 1. The van der Waals surface area contributed by atoms with E-state index < -0.39 is 11.9 Å². The van der Waals surface area contributed by atoms with Crippen LogP contribution in [0.15, 0.2) is 40.0 Å². The van der Waals surface area contributed by atoms with Gasteiger partial charge in [-0.15, -0.1) is 11.8 Å². The predicted molar refractivity (Wildman–Crippen MR) is 61.9 cm³/mol. The summed E-state index contributed by atoms with van der Waals surface area (Å²) >= 11 is 1.18. The molecule has 0 bridgehead atoms. The van der Waals surface area contributed by atoms with E-state index in [1.165, 1.54) is 18.0 Å². The molecule has 96 valence electrons. The molecule has 3 nitrogen and oxygen atoms in total. The van der Waals surface area contributed by atoms with Gasteiger partial charge in [-0.05, 0) is 18.2 Å². The third kappa shape index (κ3) is 2.98. The molecule has 0 atom stereocenters. The topological polar surface area (TPSA) is 52.0 Å². The van der Waals surface area contributed by atoms with Gasteiger partial charge in [0.15, 0.2) is 0 Å². The molecule has 2 aromatic heterocycles. The normalized spacial score (nSPS) is 11.7. The number of thioether (sulfide) groups is 1. The van der Waals surface area contributed by atoms with Crippen molar-refractivity contribution < 1.29 is 17.6 Å². The Kier molecular flexibility index (Phi) is 3.51. The first-order chi connectivity index (χ1) is 8.47. The zero-order chi connectivity index (χ0) is 13.2. The summed E-state index contributed by atoms with van der Waals surface area (Å²) in [5.41, 5.74) is 4.87. The van der Waals surface area contributed by atoms with Crippen LogP contribution in [-0.4, -0.2) is 4.98 Å². The number of nitrogens with zero attached hydrogens (tertiary/aromatic N) is 1. The fourth-order valence-corrected chi connectivity index (χ4v) is 2.15. The van der Waals surface area contributed by atoms with Crippen molar-refractivity contribution in [3.05, 3.63) is 42.1 Å². The van der Waals surface area contributed by atoms with Crippen LogP contribution in [-0.2, 0) is 11.9 Å². The first-order valence-electron chi connectivity index (χ1n) is 4.94. The molecule has 0 aromatic carbocycles. The van der Waals surface area contributed by atoms with E-state index >= 15 is 0 Å². The molecule has 0 aliphatic carbocycles. The second kappa shape index (κ2) is 4.93. The van der Waals surface area contributed by atoms with Crippen LogP contribution in [0.5, 0.6) is 0 Å². The van der Waals surface area contributed by atoms with Gasteiger partial charge < -0.3 is 10.2 Å². The summed E-state index contributed by atoms with van der Waals surface area (Å²) in [5, 5.41) is 0. The van der Waals surface area contributed by atoms with Gasteiger partial charge in [-0.1, -0.05) is 0 Å². The highest BCUT2D eigenvalue weighted by Crippen LogP contribution is 2.34. The minimum atomic E-state index is -4.46. The summed E-state index contributed by atoms with van der Waals surface area (Å²) in [6.45, 7) is 0. The van der Waals surface area contributed by atoms with Gasteiger partial charge in [0.25, 0.3) is 0 Å². The van der Waals surface area contributed by atoms with Crippen molar-refractivity contribution in [2.75, 3.05) is 5.73 Å². The SMILES string of the molecule is Nc1cnc(C(F)(F)F)cc1SCc1ccco1. The van der Waals surface area contributed by atoms with Crippen molar-refractivity contribution in [2.45, 2.75) is 16.8 Å². The Bertz CT molecular complexity index is 526. The molecule has 0 radical (unpaired) electrons. The van der Waals surface area contributed by atoms with Crippen LogP contribution in [0.3, 0.4) is 0 Å². The lowest BCUT2D eigenvalue weighted by atomic mass is 10.3. The van der Waals surface area contributed by atoms with Crippen molar-refractivity contribution in [1.29, 1.82) is 0 Å². The number of anilines is 1. The molecule has 0 spiro atoms. The third-order valence-corrected chi connectivity index (χ3v) is 3.23. The Morgan fingerprint density at radius 2 is 2.17 bits per heavy atom. The van der Waals surface area contributed by atoms with E-state index in [-0.39, 0.29) is 5.69 Å². The van der Waals surface area contributed by atoms with E-state index in [0.29, 0.717) is 16.4 Å². The van der Waals surface area contributed by atoms with E-state index in [1.54, 1.807) is 12.1 Å². The van der Waals surface area contributed by atoms with Crippen molar-refractivity contribution in [2.24, 2.45) is 0 Å². The Hall–Kier alpha value is -1.63. The molecule has 0 amide bonds. The highest BCUT2D eigenvalue weighted by Gasteiger charge is 2.32. The second-order valence-electron chi connectivity index (χ2n) is 3.47. The van der Waals surface area contributed by atoms with Gasteiger partial charge in [0.05, 0.1) is 23.9 Å². The van der Waals surface area contributed by atoms with Gasteiger partial charge in [-0.3, -0.25) is 0 Å². The molecule has 2 rings (SSSR count). The minimum absolute atomic E-state index is 0.222. The second-order valence-corrected chi connectivity index (χ2v) is 4.49. The van der Waals surface area contributed by atoms with Gasteiger partial charge in [-0.25, -0.2) is 4.98 Å². The summed E-state index contributed by atoms with van der Waals surface area (Å²) < 4.78 is 42.5. The first kappa shape index (κ1) is 12.8. The van der Waals surface area contributed by atoms with Gasteiger partial charge in [0.1, 0.15) is 11.5 Å². The number of pyridine rings is 1. The Morgan fingerprint density at radius 1 is 1.39 bits per heavy atom. The third-order valence-electron chi connectivity index (χ3n) is 2.14. The van der Waals surface area contributed by atoms with E-state index in [9.17, 15) is 13.2 Å². The van der Waals surface area contributed by atoms with Gasteiger partial charge in [0, 0.05) is 4.90 Å². The van der Waals surface area contributed by atoms with Crippen LogP contribution in [0.2, 0.25) is 0 Å². The number of rotatable bonds is 3. The molecule has 0 fully saturated rings. The number of hydrogen-bond acceptors (Lipinski definition) is 4. The highest BCUT2D eigenvalue weighted by molar-refractivity contribution is 7.98. The number of furan rings is 1. The Balaban J connectivity index is 2.16. The largest absolute Gasteiger partial charge is 0.468 e. The summed E-state index contributed by atoms with van der Waals surface area (Å²) in [5.74, 6) is 1.09. The lowest BCUT2D eigenvalue weighted by Crippen LogP contribution is -2.08. The van der Waals surface area contributed by atoms with Gasteiger partial charge in [-0.2, -0.15) is 13.2 Å². The average Bonchev–Trinajstić information content (AvgIpc) is 2.79. The molecule has 0 unspecified atom stereocenters. The van der Waals surface area contributed by atoms with E-state index in [1.807, 2.05) is 0 Å². The number of nitrogens with two attached hydrogens (primary N) is 1. The van der Waals surface area contributed by atoms with Crippen molar-refractivity contribution in [1.82, 2.24) is 4.98 Å². The van der Waals surface area contributed by atoms with Crippen molar-refractivity contribution in [3.8, 4) is 0 Å². The monoisotopic (exact) mass is 274 g/mol. The molecule has 0 saturated carbocycles. The molecule has 2 aromatic rings. The molecule has 2 N–H and O–H groups in total. The molecule has 7 heteroatoms. The van der Waals surface area contributed by atoms with Gasteiger partial charge in [0.2, 0.25) is 0 Å². The van der Waals surface area contributed by atoms with E-state index in [0.717, 1.165) is 12.3 Å². The van der Waals surface area contributed by atoms with Crippen LogP contribution in [0.1, 0.15) is 11.5 Å². The van der Waals surface area contributed by atoms with Crippen LogP contribution in [0.25, 0.3) is 0 Å². The first-order valence-corrected chi connectivity index (χ1v) is 5.93. The molecule has 2 heterocycles. The summed E-state index contributed by atoms with van der Waals surface area (Å²) in [6, 6.07) is 4.41. The zero-order valence-corrected chi connectivity index (χ0v) is 9.89. The highest BCUT2D eigenvalue weighted by atomic mass is 32.2. The molecule has 18 heavy (non-hydrogen) atoms. The maximum absolute atomic E-state index is 12.5. The molecule has 0 saturated heterocycles. The number of aromatic nitrogens is 1. The Morgan fingerprint density at radius 3 is 2.78 bits per heavy atom. The maximum Gasteiger partial charge on any atom is 0.433 e. The summed E-state index contributed by atoms with van der Waals surface area (Å²) in [4.78, 5) is 3.61. The minimum Gasteiger partial charge on any atom is -0.468 e. The zero-order valence-electron chi connectivity index (χ0n) is 9.07. The van der Waals surface area contributed by atoms with Crippen LogP contribution in [0.4, 0.5) is 18.9 Å². The molecular weight excluding hydrogens is 265 g/mol. The molecular formula is C11H9F3N2OS. The Labute approximate surface area is 105 Å². The summed E-state index contributed by atoms with van der Waals surface area (Å²) in [6.07, 6.45) is -1.94. The van der Waals surface area contributed by atoms with Crippen LogP contribution in [0, 0.1) is 0 Å². The quantitative estimate of drug-likeness (QED) is 0.869. The summed E-state index contributed by atoms with van der Waals surface area (Å²) in [7, 11) is 0. The lowest BCUT2D eigenvalue weighted by Gasteiger charge is -2.09. The lowest BCUT2D eigenvalue weighted by molar-refractivity contribution is -0.141. The van der Waals surface area contributed by atoms with Crippen molar-refractivity contribution in [3.63, 3.8) is 0 Å². The fraction of sp³-hybridized carbons (Fsp3) is 0.182.